The second-order valence-electron chi connectivity index (χ2n) is 8.35. The van der Waals surface area contributed by atoms with Crippen molar-refractivity contribution in [3.63, 3.8) is 0 Å². The molecule has 1 aliphatic rings. The van der Waals surface area contributed by atoms with Crippen LogP contribution < -0.4 is 5.32 Å². The van der Waals surface area contributed by atoms with Crippen LogP contribution >= 0.6 is 0 Å². The van der Waals surface area contributed by atoms with Gasteiger partial charge in [-0.25, -0.2) is 36.5 Å². The maximum atomic E-state index is 14.6. The van der Waals surface area contributed by atoms with E-state index in [1.165, 1.54) is 31.3 Å². The van der Waals surface area contributed by atoms with Crippen molar-refractivity contribution in [3.05, 3.63) is 53.2 Å². The Balaban J connectivity index is 1.72. The van der Waals surface area contributed by atoms with Gasteiger partial charge in [-0.3, -0.25) is 0 Å². The molecule has 0 amide bonds. The first kappa shape index (κ1) is 23.3. The number of nitrogens with zero attached hydrogens (tertiary/aromatic N) is 4. The molecule has 3 aromatic rings. The number of aromatic nitrogens is 3. The van der Waals surface area contributed by atoms with E-state index in [0.717, 1.165) is 10.4 Å². The largest absolute Gasteiger partial charge is 0.387 e. The predicted molar refractivity (Wildman–Crippen MR) is 115 cm³/mol. The van der Waals surface area contributed by atoms with Crippen LogP contribution in [0.5, 0.6) is 0 Å². The maximum absolute atomic E-state index is 14.6. The van der Waals surface area contributed by atoms with Gasteiger partial charge in [-0.2, -0.15) is 4.31 Å². The zero-order valence-corrected chi connectivity index (χ0v) is 18.9. The number of benzene rings is 1. The maximum Gasteiger partial charge on any atom is 0.266 e. The lowest BCUT2D eigenvalue weighted by molar-refractivity contribution is -0.0427. The summed E-state index contributed by atoms with van der Waals surface area (Å²) < 4.78 is 67.7. The molecule has 33 heavy (non-hydrogen) atoms. The van der Waals surface area contributed by atoms with Crippen LogP contribution in [0.3, 0.4) is 0 Å². The fraction of sp³-hybridized carbons (Fsp3) is 0.381. The van der Waals surface area contributed by atoms with Crippen molar-refractivity contribution < 1.29 is 26.7 Å². The van der Waals surface area contributed by atoms with Gasteiger partial charge in [0.2, 0.25) is 0 Å². The number of alkyl halides is 2. The molecule has 1 fully saturated rings. The summed E-state index contributed by atoms with van der Waals surface area (Å²) in [7, 11) is -3.96. The number of anilines is 1. The summed E-state index contributed by atoms with van der Waals surface area (Å²) in [5.74, 6) is -0.450. The predicted octanol–water partition coefficient (Wildman–Crippen LogP) is 3.34. The van der Waals surface area contributed by atoms with Crippen LogP contribution in [-0.4, -0.2) is 51.5 Å². The van der Waals surface area contributed by atoms with E-state index in [4.69, 9.17) is 0 Å². The van der Waals surface area contributed by atoms with Gasteiger partial charge < -0.3 is 10.4 Å². The van der Waals surface area contributed by atoms with Gasteiger partial charge in [0.25, 0.3) is 16.4 Å². The number of aryl methyl sites for hydroxylation is 1. The first-order valence-electron chi connectivity index (χ1n) is 10.1. The van der Waals surface area contributed by atoms with Crippen LogP contribution in [0, 0.1) is 12.7 Å². The van der Waals surface area contributed by atoms with Crippen molar-refractivity contribution in [1.29, 1.82) is 0 Å². The van der Waals surface area contributed by atoms with Crippen molar-refractivity contribution in [2.45, 2.75) is 43.9 Å². The summed E-state index contributed by atoms with van der Waals surface area (Å²) in [6.45, 7) is 4.63. The highest BCUT2D eigenvalue weighted by molar-refractivity contribution is 7.89. The summed E-state index contributed by atoms with van der Waals surface area (Å²) in [6.07, 6.45) is -1.66. The Bertz CT molecular complexity index is 1330. The summed E-state index contributed by atoms with van der Waals surface area (Å²) in [4.78, 5) is 12.6. The molecule has 0 radical (unpaired) electrons. The number of pyridine rings is 1. The molecule has 0 saturated carbocycles. The fourth-order valence-electron chi connectivity index (χ4n) is 3.75. The van der Waals surface area contributed by atoms with Gasteiger partial charge in [-0.15, -0.1) is 0 Å². The Morgan fingerprint density at radius 3 is 2.52 bits per heavy atom. The Kier molecular flexibility index (Phi) is 5.79. The number of aliphatic hydroxyl groups is 1. The molecule has 1 atom stereocenters. The SMILES string of the molecule is Cc1nc(N[C@H](C)c2cccc(C(F)F)c2F)c2cc(S(=O)(=O)N3CC(C)(O)C3)ncc2n1. The molecule has 3 heterocycles. The number of sulfonamides is 1. The van der Waals surface area contributed by atoms with Crippen LogP contribution in [0.25, 0.3) is 10.9 Å². The minimum Gasteiger partial charge on any atom is -0.387 e. The Morgan fingerprint density at radius 2 is 1.88 bits per heavy atom. The number of halogens is 3. The second-order valence-corrected chi connectivity index (χ2v) is 10.2. The molecule has 2 aromatic heterocycles. The lowest BCUT2D eigenvalue weighted by Gasteiger charge is -2.42. The molecule has 0 bridgehead atoms. The summed E-state index contributed by atoms with van der Waals surface area (Å²) in [6, 6.07) is 4.30. The highest BCUT2D eigenvalue weighted by atomic mass is 32.2. The molecule has 0 spiro atoms. The molecular formula is C21H22F3N5O3S. The molecule has 4 rings (SSSR count). The third-order valence-corrected chi connectivity index (χ3v) is 7.11. The lowest BCUT2D eigenvalue weighted by atomic mass is 10.0. The first-order valence-corrected chi connectivity index (χ1v) is 11.5. The topological polar surface area (TPSA) is 108 Å². The minimum absolute atomic E-state index is 0.0157. The third kappa shape index (κ3) is 4.37. The molecule has 0 unspecified atom stereocenters. The normalized spacial score (nSPS) is 17.2. The molecule has 0 aliphatic carbocycles. The highest BCUT2D eigenvalue weighted by Crippen LogP contribution is 2.32. The van der Waals surface area contributed by atoms with Crippen molar-refractivity contribution in [2.24, 2.45) is 0 Å². The molecule has 12 heteroatoms. The lowest BCUT2D eigenvalue weighted by Crippen LogP contribution is -2.61. The zero-order chi connectivity index (χ0) is 24.1. The van der Waals surface area contributed by atoms with Gasteiger partial charge in [0.15, 0.2) is 5.03 Å². The second kappa shape index (κ2) is 8.19. The molecule has 8 nitrogen and oxygen atoms in total. The quantitative estimate of drug-likeness (QED) is 0.556. The van der Waals surface area contributed by atoms with E-state index in [2.05, 4.69) is 20.3 Å². The van der Waals surface area contributed by atoms with Gasteiger partial charge in [0.1, 0.15) is 17.5 Å². The first-order chi connectivity index (χ1) is 15.4. The standard InChI is InChI=1S/C21H22F3N5O3S/c1-11(13-5-4-6-14(18(13)22)19(23)24)26-20-15-7-17(25-8-16(15)27-12(2)28-20)33(31,32)29-9-21(3,30)10-29/h4-8,11,19,30H,9-10H2,1-3H3,(H,26,27,28)/t11-/m1/s1. The van der Waals surface area contributed by atoms with Crippen LogP contribution in [0.15, 0.2) is 35.5 Å². The van der Waals surface area contributed by atoms with E-state index < -0.39 is 39.5 Å². The van der Waals surface area contributed by atoms with Crippen molar-refractivity contribution >= 4 is 26.7 Å². The van der Waals surface area contributed by atoms with E-state index in [0.29, 0.717) is 16.7 Å². The average molecular weight is 482 g/mol. The fourth-order valence-corrected chi connectivity index (χ4v) is 5.36. The van der Waals surface area contributed by atoms with Crippen molar-refractivity contribution in [3.8, 4) is 0 Å². The number of hydrogen-bond donors (Lipinski definition) is 2. The van der Waals surface area contributed by atoms with Gasteiger partial charge in [0, 0.05) is 24.0 Å². The Hall–Kier alpha value is -2.83. The smallest absolute Gasteiger partial charge is 0.266 e. The molecule has 1 aromatic carbocycles. The van der Waals surface area contributed by atoms with Gasteiger partial charge >= 0.3 is 0 Å². The Morgan fingerprint density at radius 1 is 1.21 bits per heavy atom. The van der Waals surface area contributed by atoms with Crippen molar-refractivity contribution in [2.75, 3.05) is 18.4 Å². The van der Waals surface area contributed by atoms with E-state index in [1.807, 2.05) is 0 Å². The monoisotopic (exact) mass is 481 g/mol. The molecule has 1 aliphatic heterocycles. The van der Waals surface area contributed by atoms with E-state index in [1.54, 1.807) is 13.8 Å². The third-order valence-electron chi connectivity index (χ3n) is 5.42. The van der Waals surface area contributed by atoms with E-state index in [9.17, 15) is 26.7 Å². The molecular weight excluding hydrogens is 459 g/mol. The highest BCUT2D eigenvalue weighted by Gasteiger charge is 2.44. The number of fused-ring (bicyclic) bond motifs is 1. The number of nitrogens with one attached hydrogen (secondary N) is 1. The van der Waals surface area contributed by atoms with Gasteiger partial charge in [0.05, 0.1) is 28.9 Å². The zero-order valence-electron chi connectivity index (χ0n) is 18.1. The van der Waals surface area contributed by atoms with Crippen molar-refractivity contribution in [1.82, 2.24) is 19.3 Å². The molecule has 2 N–H and O–H groups in total. The average Bonchev–Trinajstić information content (AvgIpc) is 2.71. The van der Waals surface area contributed by atoms with Crippen LogP contribution in [0.1, 0.15) is 43.3 Å². The van der Waals surface area contributed by atoms with Crippen LogP contribution in [0.4, 0.5) is 19.0 Å². The Labute approximate surface area is 188 Å². The summed E-state index contributed by atoms with van der Waals surface area (Å²) in [5, 5.41) is 12.9. The number of rotatable bonds is 6. The minimum atomic E-state index is -3.96. The van der Waals surface area contributed by atoms with E-state index >= 15 is 0 Å². The van der Waals surface area contributed by atoms with Gasteiger partial charge in [-0.1, -0.05) is 18.2 Å². The number of β-amino-alcohol motifs (C(OH)–C–C–N with tert-alkyl or cyclic N) is 1. The summed E-state index contributed by atoms with van der Waals surface area (Å²) in [5.41, 5.74) is -1.42. The number of hydrogen-bond acceptors (Lipinski definition) is 7. The van der Waals surface area contributed by atoms with E-state index in [-0.39, 0.29) is 29.5 Å². The molecule has 176 valence electrons. The van der Waals surface area contributed by atoms with Crippen LogP contribution in [-0.2, 0) is 10.0 Å². The van der Waals surface area contributed by atoms with Crippen LogP contribution in [0.2, 0.25) is 0 Å². The summed E-state index contributed by atoms with van der Waals surface area (Å²) >= 11 is 0. The molecule has 1 saturated heterocycles. The van der Waals surface area contributed by atoms with Gasteiger partial charge in [-0.05, 0) is 26.8 Å².